The number of urea groups is 1. The lowest BCUT2D eigenvalue weighted by Crippen LogP contribution is -2.45. The summed E-state index contributed by atoms with van der Waals surface area (Å²) in [6.07, 6.45) is 3.70. The first kappa shape index (κ1) is 20.1. The third-order valence-electron chi connectivity index (χ3n) is 5.16. The molecule has 30 heavy (non-hydrogen) atoms. The van der Waals surface area contributed by atoms with E-state index in [0.717, 1.165) is 49.7 Å². The maximum Gasteiger partial charge on any atom is 0.315 e. The number of carbonyl (C=O) groups is 1. The summed E-state index contributed by atoms with van der Waals surface area (Å²) in [6.45, 7) is 4.40. The highest BCUT2D eigenvalue weighted by Crippen LogP contribution is 2.15. The molecule has 3 aromatic rings. The van der Waals surface area contributed by atoms with Crippen LogP contribution in [0, 0.1) is 0 Å². The number of hydrogen-bond acceptors (Lipinski definition) is 4. The van der Waals surface area contributed by atoms with Gasteiger partial charge in [-0.3, -0.25) is 4.90 Å². The summed E-state index contributed by atoms with van der Waals surface area (Å²) >= 11 is 0. The molecule has 156 valence electrons. The van der Waals surface area contributed by atoms with Gasteiger partial charge in [-0.2, -0.15) is 5.10 Å². The lowest BCUT2D eigenvalue weighted by atomic mass is 10.1. The van der Waals surface area contributed by atoms with Crippen LogP contribution in [-0.4, -0.2) is 53.6 Å². The molecule has 2 aromatic carbocycles. The summed E-state index contributed by atoms with van der Waals surface area (Å²) in [5.41, 5.74) is 3.03. The molecule has 0 aliphatic carbocycles. The molecule has 7 nitrogen and oxygen atoms in total. The van der Waals surface area contributed by atoms with E-state index in [2.05, 4.69) is 32.8 Å². The third-order valence-corrected chi connectivity index (χ3v) is 5.16. The molecular formula is C23H27N5O2. The van der Waals surface area contributed by atoms with Gasteiger partial charge in [0.05, 0.1) is 31.1 Å². The van der Waals surface area contributed by atoms with E-state index in [-0.39, 0.29) is 12.1 Å². The number of hydrogen-bond donors (Lipinski definition) is 2. The number of morpholine rings is 1. The minimum atomic E-state index is -0.190. The predicted molar refractivity (Wildman–Crippen MR) is 115 cm³/mol. The van der Waals surface area contributed by atoms with Gasteiger partial charge < -0.3 is 15.4 Å². The highest BCUT2D eigenvalue weighted by molar-refractivity contribution is 5.74. The zero-order valence-corrected chi connectivity index (χ0v) is 16.9. The lowest BCUT2D eigenvalue weighted by Gasteiger charge is -2.31. The molecule has 0 spiro atoms. The fourth-order valence-electron chi connectivity index (χ4n) is 3.53. The van der Waals surface area contributed by atoms with Gasteiger partial charge in [0, 0.05) is 37.9 Å². The minimum absolute atomic E-state index is 0.0867. The van der Waals surface area contributed by atoms with Crippen LogP contribution in [0.5, 0.6) is 0 Å². The van der Waals surface area contributed by atoms with Crippen molar-refractivity contribution in [2.24, 2.45) is 0 Å². The number of carbonyl (C=O) groups excluding carboxylic acids is 1. The Labute approximate surface area is 176 Å². The van der Waals surface area contributed by atoms with Crippen LogP contribution in [0.3, 0.4) is 0 Å². The van der Waals surface area contributed by atoms with E-state index in [1.54, 1.807) is 10.9 Å². The fourth-order valence-corrected chi connectivity index (χ4v) is 3.53. The number of aromatic nitrogens is 2. The van der Waals surface area contributed by atoms with E-state index < -0.39 is 0 Å². The SMILES string of the molecule is O=C(NCc1cnn(-c2ccccc2)c1)N[C@@H](CN1CCOCC1)c1ccccc1. The number of benzene rings is 2. The van der Waals surface area contributed by atoms with Crippen LogP contribution >= 0.6 is 0 Å². The third kappa shape index (κ3) is 5.46. The topological polar surface area (TPSA) is 71.4 Å². The lowest BCUT2D eigenvalue weighted by molar-refractivity contribution is 0.0340. The van der Waals surface area contributed by atoms with Crippen molar-refractivity contribution in [1.29, 1.82) is 0 Å². The van der Waals surface area contributed by atoms with Crippen LogP contribution < -0.4 is 10.6 Å². The highest BCUT2D eigenvalue weighted by Gasteiger charge is 2.20. The zero-order valence-electron chi connectivity index (χ0n) is 16.9. The Morgan fingerprint density at radius 1 is 1.03 bits per heavy atom. The number of para-hydroxylation sites is 1. The van der Waals surface area contributed by atoms with Crippen molar-refractivity contribution in [1.82, 2.24) is 25.3 Å². The second-order valence-electron chi connectivity index (χ2n) is 7.33. The van der Waals surface area contributed by atoms with E-state index in [1.807, 2.05) is 54.7 Å². The van der Waals surface area contributed by atoms with Crippen molar-refractivity contribution in [3.8, 4) is 5.69 Å². The molecule has 1 aliphatic rings. The summed E-state index contributed by atoms with van der Waals surface area (Å²) in [4.78, 5) is 15.0. The molecule has 0 bridgehead atoms. The first-order valence-corrected chi connectivity index (χ1v) is 10.3. The van der Waals surface area contributed by atoms with Crippen molar-refractivity contribution in [2.45, 2.75) is 12.6 Å². The standard InChI is InChI=1S/C23H27N5O2/c29-23(24-15-19-16-25-28(17-19)21-9-5-2-6-10-21)26-22(20-7-3-1-4-8-20)18-27-11-13-30-14-12-27/h1-10,16-17,22H,11-15,18H2,(H2,24,26,29)/t22-/m0/s1. The van der Waals surface area contributed by atoms with Crippen LogP contribution in [0.4, 0.5) is 4.79 Å². The van der Waals surface area contributed by atoms with Gasteiger partial charge in [-0.25, -0.2) is 9.48 Å². The van der Waals surface area contributed by atoms with E-state index >= 15 is 0 Å². The van der Waals surface area contributed by atoms with Gasteiger partial charge in [-0.15, -0.1) is 0 Å². The average Bonchev–Trinajstić information content (AvgIpc) is 3.28. The maximum absolute atomic E-state index is 12.6. The van der Waals surface area contributed by atoms with Gasteiger partial charge in [-0.1, -0.05) is 48.5 Å². The number of nitrogens with zero attached hydrogens (tertiary/aromatic N) is 3. The van der Waals surface area contributed by atoms with E-state index in [4.69, 9.17) is 4.74 Å². The molecule has 1 fully saturated rings. The van der Waals surface area contributed by atoms with Gasteiger partial charge >= 0.3 is 6.03 Å². The summed E-state index contributed by atoms with van der Waals surface area (Å²) in [6, 6.07) is 19.7. The first-order valence-electron chi connectivity index (χ1n) is 10.3. The van der Waals surface area contributed by atoms with E-state index in [0.29, 0.717) is 6.54 Å². The smallest absolute Gasteiger partial charge is 0.315 e. The molecular weight excluding hydrogens is 378 g/mol. The predicted octanol–water partition coefficient (Wildman–Crippen LogP) is 2.75. The Balaban J connectivity index is 1.35. The van der Waals surface area contributed by atoms with Gasteiger partial charge in [0.25, 0.3) is 0 Å². The Kier molecular flexibility index (Phi) is 6.74. The number of ether oxygens (including phenoxy) is 1. The van der Waals surface area contributed by atoms with E-state index in [1.165, 1.54) is 0 Å². The van der Waals surface area contributed by atoms with Crippen LogP contribution in [0.2, 0.25) is 0 Å². The van der Waals surface area contributed by atoms with Crippen LogP contribution in [0.1, 0.15) is 17.2 Å². The summed E-state index contributed by atoms with van der Waals surface area (Å²) < 4.78 is 7.25. The first-order chi connectivity index (χ1) is 14.8. The molecule has 2 heterocycles. The Morgan fingerprint density at radius 3 is 2.47 bits per heavy atom. The molecule has 0 unspecified atom stereocenters. The number of amides is 2. The molecule has 4 rings (SSSR count). The molecule has 1 aliphatic heterocycles. The summed E-state index contributed by atoms with van der Waals surface area (Å²) in [5, 5.41) is 10.5. The molecule has 1 atom stereocenters. The second-order valence-corrected chi connectivity index (χ2v) is 7.33. The Morgan fingerprint density at radius 2 is 1.73 bits per heavy atom. The van der Waals surface area contributed by atoms with Crippen LogP contribution in [0.15, 0.2) is 73.1 Å². The van der Waals surface area contributed by atoms with Crippen molar-refractivity contribution in [3.05, 3.63) is 84.2 Å². The fraction of sp³-hybridized carbons (Fsp3) is 0.304. The van der Waals surface area contributed by atoms with Crippen molar-refractivity contribution in [2.75, 3.05) is 32.8 Å². The molecule has 2 amide bonds. The van der Waals surface area contributed by atoms with Crippen LogP contribution in [-0.2, 0) is 11.3 Å². The molecule has 2 N–H and O–H groups in total. The van der Waals surface area contributed by atoms with Crippen molar-refractivity contribution >= 4 is 6.03 Å². The quantitative estimate of drug-likeness (QED) is 0.634. The largest absolute Gasteiger partial charge is 0.379 e. The van der Waals surface area contributed by atoms with Gasteiger partial charge in [0.2, 0.25) is 0 Å². The van der Waals surface area contributed by atoms with Gasteiger partial charge in [-0.05, 0) is 17.7 Å². The average molecular weight is 406 g/mol. The molecule has 1 saturated heterocycles. The van der Waals surface area contributed by atoms with Crippen molar-refractivity contribution < 1.29 is 9.53 Å². The normalized spacial score (nSPS) is 15.5. The van der Waals surface area contributed by atoms with E-state index in [9.17, 15) is 4.79 Å². The zero-order chi connectivity index (χ0) is 20.6. The second kappa shape index (κ2) is 10.0. The molecule has 0 saturated carbocycles. The number of rotatable bonds is 7. The Bertz CT molecular complexity index is 923. The van der Waals surface area contributed by atoms with Crippen molar-refractivity contribution in [3.63, 3.8) is 0 Å². The maximum atomic E-state index is 12.6. The Hall–Kier alpha value is -3.16. The van der Waals surface area contributed by atoms with Crippen LogP contribution in [0.25, 0.3) is 5.69 Å². The highest BCUT2D eigenvalue weighted by atomic mass is 16.5. The molecule has 0 radical (unpaired) electrons. The van der Waals surface area contributed by atoms with Gasteiger partial charge in [0.1, 0.15) is 0 Å². The van der Waals surface area contributed by atoms with Gasteiger partial charge in [0.15, 0.2) is 0 Å². The number of nitrogens with one attached hydrogen (secondary N) is 2. The summed E-state index contributed by atoms with van der Waals surface area (Å²) in [5.74, 6) is 0. The monoisotopic (exact) mass is 405 g/mol. The minimum Gasteiger partial charge on any atom is -0.379 e. The molecule has 1 aromatic heterocycles. The molecule has 7 heteroatoms. The summed E-state index contributed by atoms with van der Waals surface area (Å²) in [7, 11) is 0.